The van der Waals surface area contributed by atoms with Crippen molar-refractivity contribution in [1.82, 2.24) is 24.7 Å². The average molecular weight is 263 g/mol. The number of hydrogen-bond acceptors (Lipinski definition) is 5. The van der Waals surface area contributed by atoms with Gasteiger partial charge in [-0.15, -0.1) is 10.2 Å². The highest BCUT2D eigenvalue weighted by molar-refractivity contribution is 7.99. The van der Waals surface area contributed by atoms with Crippen LogP contribution in [0.15, 0.2) is 23.7 Å². The molecule has 0 saturated heterocycles. The van der Waals surface area contributed by atoms with Gasteiger partial charge in [0.25, 0.3) is 0 Å². The molecule has 0 atom stereocenters. The van der Waals surface area contributed by atoms with Gasteiger partial charge in [-0.3, -0.25) is 4.98 Å². The van der Waals surface area contributed by atoms with Crippen molar-refractivity contribution in [3.8, 4) is 11.5 Å². The smallest absolute Gasteiger partial charge is 0.191 e. The lowest BCUT2D eigenvalue weighted by Crippen LogP contribution is -2.02. The largest absolute Gasteiger partial charge is 0.304 e. The highest BCUT2D eigenvalue weighted by Gasteiger charge is 2.15. The Kier molecular flexibility index (Phi) is 4.30. The summed E-state index contributed by atoms with van der Waals surface area (Å²) < 4.78 is 1.98. The van der Waals surface area contributed by atoms with Gasteiger partial charge in [0.2, 0.25) is 0 Å². The van der Waals surface area contributed by atoms with E-state index in [2.05, 4.69) is 34.0 Å². The molecule has 2 heterocycles. The lowest BCUT2D eigenvalue weighted by atomic mass is 10.3. The van der Waals surface area contributed by atoms with Gasteiger partial charge in [0, 0.05) is 24.7 Å². The van der Waals surface area contributed by atoms with Gasteiger partial charge in [-0.2, -0.15) is 0 Å². The van der Waals surface area contributed by atoms with E-state index < -0.39 is 0 Å². The van der Waals surface area contributed by atoms with E-state index in [0.29, 0.717) is 5.25 Å². The summed E-state index contributed by atoms with van der Waals surface area (Å²) in [5, 5.41) is 9.95. The van der Waals surface area contributed by atoms with Crippen molar-refractivity contribution in [3.63, 3.8) is 0 Å². The zero-order valence-corrected chi connectivity index (χ0v) is 11.7. The molecule has 0 radical (unpaired) electrons. The molecular formula is C12H17N5S. The van der Waals surface area contributed by atoms with E-state index in [4.69, 9.17) is 0 Å². The third-order valence-corrected chi connectivity index (χ3v) is 4.38. The van der Waals surface area contributed by atoms with Crippen LogP contribution in [0, 0.1) is 0 Å². The fourth-order valence-corrected chi connectivity index (χ4v) is 2.62. The third kappa shape index (κ3) is 2.69. The zero-order valence-electron chi connectivity index (χ0n) is 10.9. The number of rotatable bonds is 5. The summed E-state index contributed by atoms with van der Waals surface area (Å²) in [6.07, 6.45) is 7.29. The minimum Gasteiger partial charge on any atom is -0.304 e. The van der Waals surface area contributed by atoms with Gasteiger partial charge in [0.15, 0.2) is 11.0 Å². The first-order chi connectivity index (χ1) is 8.76. The second-order valence-corrected chi connectivity index (χ2v) is 5.28. The van der Waals surface area contributed by atoms with Crippen LogP contribution in [-0.4, -0.2) is 30.0 Å². The zero-order chi connectivity index (χ0) is 13.0. The Hall–Kier alpha value is -1.43. The number of aromatic nitrogens is 5. The Morgan fingerprint density at radius 2 is 2.00 bits per heavy atom. The van der Waals surface area contributed by atoms with Gasteiger partial charge >= 0.3 is 0 Å². The second-order valence-electron chi connectivity index (χ2n) is 4.01. The Morgan fingerprint density at radius 1 is 1.22 bits per heavy atom. The molecule has 18 heavy (non-hydrogen) atoms. The predicted octanol–water partition coefficient (Wildman–Crippen LogP) is 2.55. The van der Waals surface area contributed by atoms with E-state index in [-0.39, 0.29) is 0 Å². The van der Waals surface area contributed by atoms with Gasteiger partial charge in [-0.25, -0.2) is 4.98 Å². The Bertz CT molecular complexity index is 492. The quantitative estimate of drug-likeness (QED) is 0.776. The van der Waals surface area contributed by atoms with Gasteiger partial charge in [0.1, 0.15) is 5.69 Å². The van der Waals surface area contributed by atoms with Crippen LogP contribution in [0.3, 0.4) is 0 Å². The summed E-state index contributed by atoms with van der Waals surface area (Å²) in [6, 6.07) is 0. The topological polar surface area (TPSA) is 56.5 Å². The fourth-order valence-electron chi connectivity index (χ4n) is 1.66. The maximum atomic E-state index is 4.25. The molecule has 0 amide bonds. The highest BCUT2D eigenvalue weighted by atomic mass is 32.2. The molecule has 0 N–H and O–H groups in total. The summed E-state index contributed by atoms with van der Waals surface area (Å²) in [4.78, 5) is 8.30. The first-order valence-electron chi connectivity index (χ1n) is 6.08. The van der Waals surface area contributed by atoms with E-state index in [1.165, 1.54) is 0 Å². The summed E-state index contributed by atoms with van der Waals surface area (Å²) in [7, 11) is 1.97. The summed E-state index contributed by atoms with van der Waals surface area (Å²) in [6.45, 7) is 4.39. The summed E-state index contributed by atoms with van der Waals surface area (Å²) in [5.74, 6) is 0.761. The molecule has 6 heteroatoms. The highest BCUT2D eigenvalue weighted by Crippen LogP contribution is 2.27. The first kappa shape index (κ1) is 13.0. The lowest BCUT2D eigenvalue weighted by Gasteiger charge is -2.10. The van der Waals surface area contributed by atoms with Gasteiger partial charge in [0.05, 0.1) is 6.20 Å². The van der Waals surface area contributed by atoms with Gasteiger partial charge in [-0.05, 0) is 12.8 Å². The van der Waals surface area contributed by atoms with Crippen LogP contribution >= 0.6 is 11.8 Å². The minimum atomic E-state index is 0.586. The van der Waals surface area contributed by atoms with Gasteiger partial charge in [-0.1, -0.05) is 25.6 Å². The SMILES string of the molecule is CCC(CC)Sc1nnc(-c2cnccn2)n1C. The normalized spacial score (nSPS) is 11.1. The van der Waals surface area contributed by atoms with Crippen molar-refractivity contribution in [1.29, 1.82) is 0 Å². The molecule has 2 aromatic heterocycles. The lowest BCUT2D eigenvalue weighted by molar-refractivity contribution is 0.756. The van der Waals surface area contributed by atoms with E-state index in [1.807, 2.05) is 11.6 Å². The number of thioether (sulfide) groups is 1. The predicted molar refractivity (Wildman–Crippen MR) is 72.3 cm³/mol. The van der Waals surface area contributed by atoms with E-state index >= 15 is 0 Å². The van der Waals surface area contributed by atoms with Crippen molar-refractivity contribution in [2.24, 2.45) is 7.05 Å². The maximum absolute atomic E-state index is 4.25. The van der Waals surface area contributed by atoms with Gasteiger partial charge < -0.3 is 4.57 Å². The van der Waals surface area contributed by atoms with Crippen LogP contribution in [0.4, 0.5) is 0 Å². The summed E-state index contributed by atoms with van der Waals surface area (Å²) in [5.41, 5.74) is 0.754. The van der Waals surface area contributed by atoms with Crippen molar-refractivity contribution >= 4 is 11.8 Å². The Labute approximate surface area is 111 Å². The molecule has 0 aliphatic carbocycles. The molecule has 0 aliphatic heterocycles. The summed E-state index contributed by atoms with van der Waals surface area (Å²) >= 11 is 1.77. The molecule has 0 fully saturated rings. The molecule has 0 unspecified atom stereocenters. The van der Waals surface area contributed by atoms with Crippen molar-refractivity contribution < 1.29 is 0 Å². The van der Waals surface area contributed by atoms with Crippen LogP contribution in [0.5, 0.6) is 0 Å². The Morgan fingerprint density at radius 3 is 2.61 bits per heavy atom. The molecule has 5 nitrogen and oxygen atoms in total. The van der Waals surface area contributed by atoms with Crippen LogP contribution in [0.1, 0.15) is 26.7 Å². The van der Waals surface area contributed by atoms with Crippen LogP contribution in [-0.2, 0) is 7.05 Å². The van der Waals surface area contributed by atoms with E-state index in [1.54, 1.807) is 30.4 Å². The number of hydrogen-bond donors (Lipinski definition) is 0. The molecule has 0 aromatic carbocycles. The Balaban J connectivity index is 2.24. The molecule has 2 aromatic rings. The van der Waals surface area contributed by atoms with Crippen LogP contribution in [0.25, 0.3) is 11.5 Å². The molecule has 0 saturated carbocycles. The minimum absolute atomic E-state index is 0.586. The van der Waals surface area contributed by atoms with Crippen molar-refractivity contribution in [2.45, 2.75) is 37.1 Å². The monoisotopic (exact) mass is 263 g/mol. The molecular weight excluding hydrogens is 246 g/mol. The third-order valence-electron chi connectivity index (χ3n) is 2.81. The standard InChI is InChI=1S/C12H17N5S/c1-4-9(5-2)18-12-16-15-11(17(12)3)10-8-13-6-7-14-10/h6-9H,4-5H2,1-3H3. The molecule has 2 rings (SSSR count). The second kappa shape index (κ2) is 5.95. The maximum Gasteiger partial charge on any atom is 0.191 e. The molecule has 0 aliphatic rings. The molecule has 0 spiro atoms. The van der Waals surface area contributed by atoms with E-state index in [9.17, 15) is 0 Å². The molecule has 96 valence electrons. The van der Waals surface area contributed by atoms with E-state index in [0.717, 1.165) is 29.5 Å². The van der Waals surface area contributed by atoms with Crippen molar-refractivity contribution in [3.05, 3.63) is 18.6 Å². The average Bonchev–Trinajstić information content (AvgIpc) is 2.78. The van der Waals surface area contributed by atoms with Crippen molar-refractivity contribution in [2.75, 3.05) is 0 Å². The fraction of sp³-hybridized carbons (Fsp3) is 0.500. The first-order valence-corrected chi connectivity index (χ1v) is 6.96. The molecule has 0 bridgehead atoms. The van der Waals surface area contributed by atoms with Crippen LogP contribution in [0.2, 0.25) is 0 Å². The number of nitrogens with zero attached hydrogens (tertiary/aromatic N) is 5. The van der Waals surface area contributed by atoms with Crippen LogP contribution < -0.4 is 0 Å².